The van der Waals surface area contributed by atoms with Gasteiger partial charge in [0.1, 0.15) is 6.04 Å². The van der Waals surface area contributed by atoms with E-state index in [2.05, 4.69) is 27.8 Å². The van der Waals surface area contributed by atoms with E-state index in [0.717, 1.165) is 29.3 Å². The van der Waals surface area contributed by atoms with Gasteiger partial charge in [-0.25, -0.2) is 0 Å². The standard InChI is InChI=1S/C24H30N4O2S/c1-24(2,25)23(30)27-20(14-17-15-26-19-7-4-3-6-18(17)19)22(29)28-11-9-16(10-12-28)21-8-5-13-31-21/h3-8,13,15-16,20,26H,9-12,14,25H2,1-2H3,(H,27,30). The zero-order valence-corrected chi connectivity index (χ0v) is 18.9. The lowest BCUT2D eigenvalue weighted by Crippen LogP contribution is -2.57. The van der Waals surface area contributed by atoms with Crippen molar-refractivity contribution in [3.05, 3.63) is 58.4 Å². The van der Waals surface area contributed by atoms with Crippen molar-refractivity contribution in [3.8, 4) is 0 Å². The molecule has 164 valence electrons. The molecule has 2 amide bonds. The van der Waals surface area contributed by atoms with Gasteiger partial charge in [0.15, 0.2) is 0 Å². The minimum Gasteiger partial charge on any atom is -0.361 e. The third kappa shape index (κ3) is 4.83. The minimum atomic E-state index is -1.05. The van der Waals surface area contributed by atoms with Gasteiger partial charge in [-0.1, -0.05) is 24.3 Å². The molecule has 6 nitrogen and oxygen atoms in total. The van der Waals surface area contributed by atoms with E-state index >= 15 is 0 Å². The van der Waals surface area contributed by atoms with E-state index in [1.165, 1.54) is 4.88 Å². The highest BCUT2D eigenvalue weighted by molar-refractivity contribution is 7.10. The fourth-order valence-electron chi connectivity index (χ4n) is 4.19. The maximum Gasteiger partial charge on any atom is 0.245 e. The van der Waals surface area contributed by atoms with Gasteiger partial charge >= 0.3 is 0 Å². The number of carbonyl (C=O) groups is 2. The molecule has 1 aliphatic rings. The monoisotopic (exact) mass is 438 g/mol. The number of amides is 2. The lowest BCUT2D eigenvalue weighted by Gasteiger charge is -2.35. The number of H-pyrrole nitrogens is 1. The van der Waals surface area contributed by atoms with E-state index in [1.54, 1.807) is 25.2 Å². The number of thiophene rings is 1. The van der Waals surface area contributed by atoms with Crippen molar-refractivity contribution in [2.24, 2.45) is 5.73 Å². The Hall–Kier alpha value is -2.64. The van der Waals surface area contributed by atoms with Crippen molar-refractivity contribution in [1.82, 2.24) is 15.2 Å². The summed E-state index contributed by atoms with van der Waals surface area (Å²) in [5.41, 5.74) is 6.98. The van der Waals surface area contributed by atoms with Crippen LogP contribution in [0.25, 0.3) is 10.9 Å². The van der Waals surface area contributed by atoms with E-state index in [1.807, 2.05) is 35.4 Å². The smallest absolute Gasteiger partial charge is 0.245 e. The van der Waals surface area contributed by atoms with Crippen LogP contribution in [0, 0.1) is 0 Å². The van der Waals surface area contributed by atoms with Gasteiger partial charge in [0.05, 0.1) is 5.54 Å². The molecule has 0 radical (unpaired) electrons. The first-order chi connectivity index (χ1) is 14.8. The molecule has 1 saturated heterocycles. The zero-order valence-electron chi connectivity index (χ0n) is 18.1. The van der Waals surface area contributed by atoms with Crippen LogP contribution in [0.15, 0.2) is 48.0 Å². The van der Waals surface area contributed by atoms with Crippen LogP contribution in [-0.2, 0) is 16.0 Å². The number of benzene rings is 1. The zero-order chi connectivity index (χ0) is 22.0. The summed E-state index contributed by atoms with van der Waals surface area (Å²) in [7, 11) is 0. The van der Waals surface area contributed by atoms with Gasteiger partial charge in [-0.05, 0) is 55.7 Å². The van der Waals surface area contributed by atoms with Gasteiger partial charge in [0.2, 0.25) is 11.8 Å². The van der Waals surface area contributed by atoms with E-state index < -0.39 is 11.6 Å². The van der Waals surface area contributed by atoms with Crippen LogP contribution in [0.3, 0.4) is 0 Å². The van der Waals surface area contributed by atoms with Crippen molar-refractivity contribution < 1.29 is 9.59 Å². The van der Waals surface area contributed by atoms with Crippen LogP contribution >= 0.6 is 11.3 Å². The predicted molar refractivity (Wildman–Crippen MR) is 125 cm³/mol. The van der Waals surface area contributed by atoms with Crippen molar-refractivity contribution in [2.45, 2.75) is 50.6 Å². The van der Waals surface area contributed by atoms with E-state index in [4.69, 9.17) is 5.73 Å². The van der Waals surface area contributed by atoms with Crippen LogP contribution in [0.1, 0.15) is 43.0 Å². The molecule has 0 aliphatic carbocycles. The molecule has 1 atom stereocenters. The maximum atomic E-state index is 13.5. The molecule has 3 heterocycles. The van der Waals surface area contributed by atoms with E-state index in [9.17, 15) is 9.59 Å². The summed E-state index contributed by atoms with van der Waals surface area (Å²) in [4.78, 5) is 32.7. The summed E-state index contributed by atoms with van der Waals surface area (Å²) in [6.07, 6.45) is 4.24. The molecule has 0 saturated carbocycles. The fourth-order valence-corrected chi connectivity index (χ4v) is 5.09. The number of nitrogens with zero attached hydrogens (tertiary/aromatic N) is 1. The second kappa shape index (κ2) is 8.85. The molecule has 2 aromatic heterocycles. The molecule has 1 unspecified atom stereocenters. The molecule has 31 heavy (non-hydrogen) atoms. The van der Waals surface area contributed by atoms with Crippen molar-refractivity contribution >= 4 is 34.1 Å². The number of carbonyl (C=O) groups excluding carboxylic acids is 2. The van der Waals surface area contributed by atoms with Crippen LogP contribution in [0.5, 0.6) is 0 Å². The van der Waals surface area contributed by atoms with Crippen LogP contribution in [0.4, 0.5) is 0 Å². The van der Waals surface area contributed by atoms with Gasteiger partial charge < -0.3 is 20.9 Å². The molecule has 0 spiro atoms. The quantitative estimate of drug-likeness (QED) is 0.551. The largest absolute Gasteiger partial charge is 0.361 e. The summed E-state index contributed by atoms with van der Waals surface area (Å²) in [5.74, 6) is 0.153. The molecule has 1 fully saturated rings. The Morgan fingerprint density at radius 2 is 1.97 bits per heavy atom. The first-order valence-electron chi connectivity index (χ1n) is 10.8. The average molecular weight is 439 g/mol. The third-order valence-electron chi connectivity index (χ3n) is 6.04. The first-order valence-corrected chi connectivity index (χ1v) is 11.7. The number of piperidine rings is 1. The molecule has 1 aromatic carbocycles. The van der Waals surface area contributed by atoms with Crippen molar-refractivity contribution in [1.29, 1.82) is 0 Å². The summed E-state index contributed by atoms with van der Waals surface area (Å²) < 4.78 is 0. The topological polar surface area (TPSA) is 91.2 Å². The van der Waals surface area contributed by atoms with Gasteiger partial charge in [0.25, 0.3) is 0 Å². The number of aromatic amines is 1. The molecule has 7 heteroatoms. The molecule has 1 aliphatic heterocycles. The molecular formula is C24H30N4O2S. The van der Waals surface area contributed by atoms with E-state index in [-0.39, 0.29) is 11.8 Å². The number of nitrogens with one attached hydrogen (secondary N) is 2. The number of likely N-dealkylation sites (tertiary alicyclic amines) is 1. The van der Waals surface area contributed by atoms with Gasteiger partial charge in [-0.3, -0.25) is 9.59 Å². The second-order valence-corrected chi connectivity index (χ2v) is 9.91. The second-order valence-electron chi connectivity index (χ2n) is 8.93. The number of hydrogen-bond donors (Lipinski definition) is 3. The number of rotatable bonds is 6. The Kier molecular flexibility index (Phi) is 6.16. The predicted octanol–water partition coefficient (Wildman–Crippen LogP) is 3.40. The summed E-state index contributed by atoms with van der Waals surface area (Å²) in [6, 6.07) is 11.6. The fraction of sp³-hybridized carbons (Fsp3) is 0.417. The summed E-state index contributed by atoms with van der Waals surface area (Å²) in [5, 5.41) is 6.10. The van der Waals surface area contributed by atoms with Gasteiger partial charge in [-0.15, -0.1) is 11.3 Å². The normalized spacial score (nSPS) is 16.4. The average Bonchev–Trinajstić information content (AvgIpc) is 3.43. The Labute approximate surface area is 186 Å². The lowest BCUT2D eigenvalue weighted by atomic mass is 9.94. The minimum absolute atomic E-state index is 0.0347. The van der Waals surface area contributed by atoms with E-state index in [0.29, 0.717) is 25.4 Å². The van der Waals surface area contributed by atoms with Crippen LogP contribution in [0.2, 0.25) is 0 Å². The van der Waals surface area contributed by atoms with Crippen molar-refractivity contribution in [2.75, 3.05) is 13.1 Å². The highest BCUT2D eigenvalue weighted by Crippen LogP contribution is 2.31. The molecule has 4 rings (SSSR count). The maximum absolute atomic E-state index is 13.5. The van der Waals surface area contributed by atoms with Crippen LogP contribution in [-0.4, -0.2) is 46.4 Å². The highest BCUT2D eigenvalue weighted by atomic mass is 32.1. The number of hydrogen-bond acceptors (Lipinski definition) is 4. The third-order valence-corrected chi connectivity index (χ3v) is 7.07. The van der Waals surface area contributed by atoms with Crippen molar-refractivity contribution in [3.63, 3.8) is 0 Å². The van der Waals surface area contributed by atoms with Gasteiger partial charge in [0, 0.05) is 41.5 Å². The summed E-state index contributed by atoms with van der Waals surface area (Å²) >= 11 is 1.78. The molecular weight excluding hydrogens is 408 g/mol. The number of aromatic nitrogens is 1. The molecule has 0 bridgehead atoms. The highest BCUT2D eigenvalue weighted by Gasteiger charge is 2.33. The SMILES string of the molecule is CC(C)(N)C(=O)NC(Cc1c[nH]c2ccccc12)C(=O)N1CCC(c2cccs2)CC1. The van der Waals surface area contributed by atoms with Crippen LogP contribution < -0.4 is 11.1 Å². The number of nitrogens with two attached hydrogens (primary N) is 1. The Morgan fingerprint density at radius 3 is 2.65 bits per heavy atom. The number of fused-ring (bicyclic) bond motifs is 1. The Balaban J connectivity index is 1.51. The Bertz CT molecular complexity index is 1040. The Morgan fingerprint density at radius 1 is 1.23 bits per heavy atom. The lowest BCUT2D eigenvalue weighted by molar-refractivity contribution is -0.138. The van der Waals surface area contributed by atoms with Gasteiger partial charge in [-0.2, -0.15) is 0 Å². The summed E-state index contributed by atoms with van der Waals surface area (Å²) in [6.45, 7) is 4.71. The number of para-hydroxylation sites is 1. The first kappa shape index (κ1) is 21.6. The molecule has 3 aromatic rings. The molecule has 4 N–H and O–H groups in total.